The lowest BCUT2D eigenvalue weighted by Crippen LogP contribution is -2.10. The summed E-state index contributed by atoms with van der Waals surface area (Å²) in [5, 5.41) is 1.35. The Kier molecular flexibility index (Phi) is 27.8. The molecule has 20 nitrogen and oxygen atoms in total. The molecule has 0 bridgehead atoms. The number of nitrogens with zero attached hydrogens (tertiary/aromatic N) is 10. The van der Waals surface area contributed by atoms with Gasteiger partial charge in [0.25, 0.3) is 0 Å². The number of para-hydroxylation sites is 2. The number of halogens is 2. The summed E-state index contributed by atoms with van der Waals surface area (Å²) in [6.45, 7) is 22.9. The van der Waals surface area contributed by atoms with Crippen LogP contribution in [0.3, 0.4) is 0 Å². The van der Waals surface area contributed by atoms with Gasteiger partial charge in [-0.3, -0.25) is 0 Å². The minimum Gasteiger partial charge on any atom is -0.451 e. The molecule has 10 heterocycles. The Balaban J connectivity index is 0.000000149. The molecule has 16 rings (SSSR count). The first kappa shape index (κ1) is 71.5. The molecule has 95 heavy (non-hydrogen) atoms. The average Bonchev–Trinajstić information content (AvgIpc) is 2.12. The van der Waals surface area contributed by atoms with Crippen LogP contribution in [0.25, 0.3) is 67.0 Å². The van der Waals surface area contributed by atoms with Crippen LogP contribution >= 0.6 is 23.2 Å². The standard InChI is InChI=1S/2C9H7NO.C8H7NO.2C7H4ClNO.C7H5NO.2C7H11NO.2C6H9NO/c1-2-4-8(5-3-1)9-6-11-7-10-9;1-2-4-8(5-3-1)9-6-10-7-11-9;1-6-2-3-8-7(4-6)9-5-10-8;8-5-1-2-7-6(3-5)9-4-10-7;8-5-1-2-6-7(3-5)10-4-9-6;1-2-4-7-6(3-1)8-5-9-7;1-7(2,3)6-4-9-5-8-6;1-7(2,3)6-4-8-5-9-6;1-5(2)6-3-8-4-7-6;1-5(2)6-3-7-4-8-6/h2*1-7H;2-5H,1H3;2*1-4H;1-5H;2*4-5H,1-3H3;2*3-5H,1-2H3. The molecular formula is C73H74Cl2N10O10. The molecule has 0 saturated carbocycles. The summed E-state index contributed by atoms with van der Waals surface area (Å²) < 4.78 is 49.7. The Hall–Kier alpha value is -11.0. The fraction of sp³-hybridized carbons (Fsp3) is 0.205. The number of aryl methyl sites for hydroxylation is 1. The molecule has 490 valence electrons. The summed E-state index contributed by atoms with van der Waals surface area (Å²) in [4.78, 5) is 39.2. The molecule has 6 aromatic carbocycles. The molecule has 0 saturated heterocycles. The first-order valence-electron chi connectivity index (χ1n) is 29.8. The number of aromatic nitrogens is 10. The van der Waals surface area contributed by atoms with E-state index in [1.54, 1.807) is 67.7 Å². The number of hydrogen-bond donors (Lipinski definition) is 0. The summed E-state index contributed by atoms with van der Waals surface area (Å²) in [6, 6.07) is 44.1. The topological polar surface area (TPSA) is 260 Å². The van der Waals surface area contributed by atoms with Crippen molar-refractivity contribution in [3.63, 3.8) is 0 Å². The number of hydrogen-bond acceptors (Lipinski definition) is 20. The quantitative estimate of drug-likeness (QED) is 0.158. The predicted molar refractivity (Wildman–Crippen MR) is 366 cm³/mol. The molecular weight excluding hydrogens is 1250 g/mol. The van der Waals surface area contributed by atoms with Gasteiger partial charge in [-0.25, -0.2) is 49.8 Å². The van der Waals surface area contributed by atoms with E-state index < -0.39 is 0 Å². The summed E-state index contributed by atoms with van der Waals surface area (Å²) in [6.07, 6.45) is 24.6. The summed E-state index contributed by atoms with van der Waals surface area (Å²) >= 11 is 11.4. The van der Waals surface area contributed by atoms with Gasteiger partial charge in [0, 0.05) is 44.0 Å². The molecule has 0 fully saturated rings. The zero-order chi connectivity index (χ0) is 67.8. The van der Waals surface area contributed by atoms with Gasteiger partial charge >= 0.3 is 0 Å². The normalized spacial score (nSPS) is 10.6. The van der Waals surface area contributed by atoms with Crippen LogP contribution in [0.2, 0.25) is 10.0 Å². The molecule has 0 amide bonds. The van der Waals surface area contributed by atoms with E-state index in [9.17, 15) is 0 Å². The van der Waals surface area contributed by atoms with E-state index in [-0.39, 0.29) is 10.8 Å². The maximum absolute atomic E-state index is 5.69. The van der Waals surface area contributed by atoms with Crippen LogP contribution in [-0.2, 0) is 10.8 Å². The molecule has 0 atom stereocenters. The highest BCUT2D eigenvalue weighted by Gasteiger charge is 2.17. The predicted octanol–water partition coefficient (Wildman–Crippen LogP) is 21.1. The van der Waals surface area contributed by atoms with Gasteiger partial charge in [-0.05, 0) is 73.0 Å². The minimum absolute atomic E-state index is 0.0938. The largest absolute Gasteiger partial charge is 0.451 e. The van der Waals surface area contributed by atoms with E-state index in [2.05, 4.69) is 119 Å². The van der Waals surface area contributed by atoms with E-state index in [1.807, 2.05) is 116 Å². The molecule has 0 aliphatic carbocycles. The molecule has 10 aromatic heterocycles. The van der Waals surface area contributed by atoms with Crippen molar-refractivity contribution in [2.45, 2.75) is 98.8 Å². The highest BCUT2D eigenvalue weighted by Crippen LogP contribution is 2.23. The smallest absolute Gasteiger partial charge is 0.181 e. The maximum Gasteiger partial charge on any atom is 0.181 e. The van der Waals surface area contributed by atoms with Gasteiger partial charge < -0.3 is 44.2 Å². The Morgan fingerprint density at radius 1 is 0.368 bits per heavy atom. The van der Waals surface area contributed by atoms with Crippen LogP contribution in [0.5, 0.6) is 0 Å². The van der Waals surface area contributed by atoms with Gasteiger partial charge in [-0.2, -0.15) is 0 Å². The van der Waals surface area contributed by atoms with E-state index >= 15 is 0 Å². The zero-order valence-electron chi connectivity index (χ0n) is 54.5. The van der Waals surface area contributed by atoms with Crippen molar-refractivity contribution >= 4 is 67.6 Å². The van der Waals surface area contributed by atoms with Crippen molar-refractivity contribution in [1.29, 1.82) is 0 Å². The van der Waals surface area contributed by atoms with Crippen LogP contribution in [0.4, 0.5) is 0 Å². The van der Waals surface area contributed by atoms with Gasteiger partial charge in [0.05, 0.1) is 30.0 Å². The Morgan fingerprint density at radius 2 is 0.884 bits per heavy atom. The molecule has 0 spiro atoms. The second kappa shape index (κ2) is 36.9. The van der Waals surface area contributed by atoms with Crippen molar-refractivity contribution in [3.05, 3.63) is 279 Å². The fourth-order valence-corrected chi connectivity index (χ4v) is 7.87. The van der Waals surface area contributed by atoms with Crippen molar-refractivity contribution in [3.8, 4) is 22.6 Å². The Bertz CT molecular complexity index is 4200. The lowest BCUT2D eigenvalue weighted by molar-refractivity contribution is 0.408. The Labute approximate surface area is 559 Å². The number of benzene rings is 6. The number of fused-ring (bicyclic) bond motifs is 4. The number of rotatable bonds is 4. The van der Waals surface area contributed by atoms with Gasteiger partial charge in [-0.1, -0.05) is 171 Å². The first-order valence-corrected chi connectivity index (χ1v) is 30.5. The molecule has 0 aliphatic heterocycles. The van der Waals surface area contributed by atoms with Crippen molar-refractivity contribution in [1.82, 2.24) is 49.8 Å². The van der Waals surface area contributed by atoms with Gasteiger partial charge in [0.1, 0.15) is 58.1 Å². The fourth-order valence-electron chi connectivity index (χ4n) is 7.54. The van der Waals surface area contributed by atoms with Crippen LogP contribution in [0.1, 0.15) is 110 Å². The number of oxazole rings is 10. The SMILES string of the molecule is CC(C)(C)c1cnco1.CC(C)(C)c1cocn1.CC(C)c1cnco1.CC(C)c1cocn1.Cc1ccc2ocnc2c1.Clc1ccc2ncoc2c1.Clc1ccc2ocnc2c1.c1ccc(-c2cnco2)cc1.c1ccc(-c2cocn2)cc1.c1ccc2ocnc2c1. The van der Waals surface area contributed by atoms with Crippen molar-refractivity contribution in [2.24, 2.45) is 0 Å². The lowest BCUT2D eigenvalue weighted by atomic mass is 9.93. The summed E-state index contributed by atoms with van der Waals surface area (Å²) in [7, 11) is 0. The van der Waals surface area contributed by atoms with E-state index in [4.69, 9.17) is 67.4 Å². The van der Waals surface area contributed by atoms with Crippen LogP contribution < -0.4 is 0 Å². The second-order valence-electron chi connectivity index (χ2n) is 22.9. The summed E-state index contributed by atoms with van der Waals surface area (Å²) in [5.41, 5.74) is 13.1. The van der Waals surface area contributed by atoms with Crippen LogP contribution in [-0.4, -0.2) is 49.8 Å². The molecule has 0 unspecified atom stereocenters. The van der Waals surface area contributed by atoms with E-state index in [0.717, 1.165) is 89.9 Å². The summed E-state index contributed by atoms with van der Waals surface area (Å²) in [5.74, 6) is 3.63. The third kappa shape index (κ3) is 24.6. The molecule has 0 aliphatic rings. The highest BCUT2D eigenvalue weighted by molar-refractivity contribution is 6.31. The van der Waals surface area contributed by atoms with Crippen LogP contribution in [0.15, 0.2) is 285 Å². The van der Waals surface area contributed by atoms with E-state index in [1.165, 1.54) is 69.5 Å². The zero-order valence-corrected chi connectivity index (χ0v) is 56.0. The second-order valence-corrected chi connectivity index (χ2v) is 23.8. The third-order valence-electron chi connectivity index (χ3n) is 12.7. The Morgan fingerprint density at radius 3 is 1.38 bits per heavy atom. The van der Waals surface area contributed by atoms with Gasteiger partial charge in [-0.15, -0.1) is 0 Å². The monoisotopic (exact) mass is 1320 g/mol. The molecule has 0 radical (unpaired) electrons. The lowest BCUT2D eigenvalue weighted by Gasteiger charge is -2.12. The highest BCUT2D eigenvalue weighted by atomic mass is 35.5. The minimum atomic E-state index is 0.0938. The maximum atomic E-state index is 5.69. The van der Waals surface area contributed by atoms with Crippen molar-refractivity contribution < 1.29 is 44.2 Å². The van der Waals surface area contributed by atoms with E-state index in [0.29, 0.717) is 21.9 Å². The van der Waals surface area contributed by atoms with Gasteiger partial charge in [0.15, 0.2) is 92.0 Å². The molecule has 22 heteroatoms. The third-order valence-corrected chi connectivity index (χ3v) is 13.2. The average molecular weight is 1320 g/mol. The van der Waals surface area contributed by atoms with Crippen LogP contribution in [0, 0.1) is 6.92 Å². The molecule has 0 N–H and O–H groups in total. The first-order chi connectivity index (χ1) is 45.8. The van der Waals surface area contributed by atoms with Crippen molar-refractivity contribution in [2.75, 3.05) is 0 Å². The van der Waals surface area contributed by atoms with Gasteiger partial charge in [0.2, 0.25) is 0 Å². The molecule has 16 aromatic rings.